The first-order valence-corrected chi connectivity index (χ1v) is 5.91. The van der Waals surface area contributed by atoms with Crippen LogP contribution in [0.4, 0.5) is 11.4 Å². The number of carbonyl (C=O) groups excluding carboxylic acids is 1. The molecule has 0 fully saturated rings. The van der Waals surface area contributed by atoms with Gasteiger partial charge in [0.05, 0.1) is 11.5 Å². The molecular weight excluding hydrogens is 250 g/mol. The second kappa shape index (κ2) is 6.69. The molecule has 0 radical (unpaired) electrons. The fourth-order valence-electron chi connectivity index (χ4n) is 1.59. The minimum absolute atomic E-state index is 0.120. The molecule has 7 nitrogen and oxygen atoms in total. The molecule has 0 aromatic heterocycles. The van der Waals surface area contributed by atoms with Gasteiger partial charge >= 0.3 is 0 Å². The molecule has 19 heavy (non-hydrogen) atoms. The maximum atomic E-state index is 11.4. The van der Waals surface area contributed by atoms with Crippen molar-refractivity contribution in [3.05, 3.63) is 33.9 Å². The second-order valence-electron chi connectivity index (χ2n) is 4.00. The van der Waals surface area contributed by atoms with Crippen LogP contribution >= 0.6 is 0 Å². The number of amides is 1. The fraction of sp³-hybridized carbons (Fsp3) is 0.417. The van der Waals surface area contributed by atoms with E-state index in [0.29, 0.717) is 12.1 Å². The third-order valence-corrected chi connectivity index (χ3v) is 2.76. The number of aliphatic hydroxyl groups is 1. The standard InChI is InChI=1S/C12H17N3O4/c1-3-9(7-16)14-10-5-4-8(12(17)13-2)6-11(10)15(18)19/h4-6,9,14,16H,3,7H2,1-2H3,(H,13,17). The van der Waals surface area contributed by atoms with Crippen LogP contribution in [-0.4, -0.2) is 35.6 Å². The lowest BCUT2D eigenvalue weighted by atomic mass is 10.1. The first-order chi connectivity index (χ1) is 9.03. The summed E-state index contributed by atoms with van der Waals surface area (Å²) in [5, 5.41) is 25.4. The predicted molar refractivity (Wildman–Crippen MR) is 71.3 cm³/mol. The maximum absolute atomic E-state index is 11.4. The average molecular weight is 267 g/mol. The third-order valence-electron chi connectivity index (χ3n) is 2.76. The summed E-state index contributed by atoms with van der Waals surface area (Å²) in [6.07, 6.45) is 0.630. The summed E-state index contributed by atoms with van der Waals surface area (Å²) in [6, 6.07) is 3.93. The Morgan fingerprint density at radius 2 is 2.21 bits per heavy atom. The van der Waals surface area contributed by atoms with E-state index in [9.17, 15) is 14.9 Å². The molecule has 0 bridgehead atoms. The van der Waals surface area contributed by atoms with Crippen LogP contribution in [0.2, 0.25) is 0 Å². The second-order valence-corrected chi connectivity index (χ2v) is 4.00. The largest absolute Gasteiger partial charge is 0.394 e. The number of hydrogen-bond donors (Lipinski definition) is 3. The molecular formula is C12H17N3O4. The van der Waals surface area contributed by atoms with Crippen molar-refractivity contribution in [2.75, 3.05) is 19.0 Å². The number of hydrogen-bond acceptors (Lipinski definition) is 5. The molecule has 0 saturated carbocycles. The van der Waals surface area contributed by atoms with Crippen LogP contribution in [0.3, 0.4) is 0 Å². The normalized spacial score (nSPS) is 11.7. The highest BCUT2D eigenvalue weighted by Crippen LogP contribution is 2.26. The van der Waals surface area contributed by atoms with E-state index in [4.69, 9.17) is 5.11 Å². The number of benzene rings is 1. The van der Waals surface area contributed by atoms with E-state index < -0.39 is 4.92 Å². The number of rotatable bonds is 6. The zero-order valence-corrected chi connectivity index (χ0v) is 10.8. The van der Waals surface area contributed by atoms with Gasteiger partial charge in [0.2, 0.25) is 0 Å². The van der Waals surface area contributed by atoms with Gasteiger partial charge in [-0.3, -0.25) is 14.9 Å². The van der Waals surface area contributed by atoms with Gasteiger partial charge in [-0.05, 0) is 18.6 Å². The van der Waals surface area contributed by atoms with Crippen LogP contribution in [0.25, 0.3) is 0 Å². The van der Waals surface area contributed by atoms with Crippen molar-refractivity contribution in [3.8, 4) is 0 Å². The van der Waals surface area contributed by atoms with Crippen LogP contribution < -0.4 is 10.6 Å². The number of aliphatic hydroxyl groups excluding tert-OH is 1. The first-order valence-electron chi connectivity index (χ1n) is 5.91. The van der Waals surface area contributed by atoms with Crippen LogP contribution in [0.15, 0.2) is 18.2 Å². The van der Waals surface area contributed by atoms with Gasteiger partial charge in [-0.25, -0.2) is 0 Å². The molecule has 1 atom stereocenters. The Morgan fingerprint density at radius 1 is 1.53 bits per heavy atom. The summed E-state index contributed by atoms with van der Waals surface area (Å²) in [4.78, 5) is 21.9. The van der Waals surface area contributed by atoms with Crippen molar-refractivity contribution in [1.29, 1.82) is 0 Å². The lowest BCUT2D eigenvalue weighted by Gasteiger charge is -2.15. The highest BCUT2D eigenvalue weighted by Gasteiger charge is 2.18. The number of nitrogens with zero attached hydrogens (tertiary/aromatic N) is 1. The molecule has 1 unspecified atom stereocenters. The number of nitrogens with one attached hydrogen (secondary N) is 2. The molecule has 0 aliphatic heterocycles. The Morgan fingerprint density at radius 3 is 2.68 bits per heavy atom. The van der Waals surface area contributed by atoms with Gasteiger partial charge in [0.15, 0.2) is 0 Å². The molecule has 3 N–H and O–H groups in total. The average Bonchev–Trinajstić information content (AvgIpc) is 2.43. The number of anilines is 1. The molecule has 104 valence electrons. The topological polar surface area (TPSA) is 104 Å². The lowest BCUT2D eigenvalue weighted by molar-refractivity contribution is -0.384. The molecule has 1 rings (SSSR count). The Kier molecular flexibility index (Phi) is 5.25. The van der Waals surface area contributed by atoms with Crippen molar-refractivity contribution in [3.63, 3.8) is 0 Å². The minimum atomic E-state index is -0.557. The minimum Gasteiger partial charge on any atom is -0.394 e. The molecule has 0 saturated heterocycles. The van der Waals surface area contributed by atoms with Gasteiger partial charge in [-0.2, -0.15) is 0 Å². The summed E-state index contributed by atoms with van der Waals surface area (Å²) >= 11 is 0. The van der Waals surface area contributed by atoms with Crippen molar-refractivity contribution < 1.29 is 14.8 Å². The van der Waals surface area contributed by atoms with E-state index in [-0.39, 0.29) is 29.8 Å². The maximum Gasteiger partial charge on any atom is 0.293 e. The number of carbonyl (C=O) groups is 1. The van der Waals surface area contributed by atoms with Crippen molar-refractivity contribution in [2.45, 2.75) is 19.4 Å². The highest BCUT2D eigenvalue weighted by atomic mass is 16.6. The van der Waals surface area contributed by atoms with Gasteiger partial charge in [0.25, 0.3) is 11.6 Å². The Labute approximate surface area is 110 Å². The molecule has 7 heteroatoms. The molecule has 1 amide bonds. The molecule has 0 spiro atoms. The zero-order valence-electron chi connectivity index (χ0n) is 10.8. The quantitative estimate of drug-likeness (QED) is 0.529. The van der Waals surface area contributed by atoms with Gasteiger partial charge in [-0.15, -0.1) is 0 Å². The van der Waals surface area contributed by atoms with Crippen LogP contribution in [0, 0.1) is 10.1 Å². The monoisotopic (exact) mass is 267 g/mol. The first kappa shape index (κ1) is 14.9. The van der Waals surface area contributed by atoms with E-state index in [1.54, 1.807) is 0 Å². The highest BCUT2D eigenvalue weighted by molar-refractivity contribution is 5.95. The van der Waals surface area contributed by atoms with Crippen LogP contribution in [0.5, 0.6) is 0 Å². The summed E-state index contributed by atoms with van der Waals surface area (Å²) < 4.78 is 0. The predicted octanol–water partition coefficient (Wildman–Crippen LogP) is 1.14. The van der Waals surface area contributed by atoms with Gasteiger partial charge in [0.1, 0.15) is 5.69 Å². The molecule has 0 heterocycles. The van der Waals surface area contributed by atoms with Crippen LogP contribution in [-0.2, 0) is 0 Å². The van der Waals surface area contributed by atoms with E-state index in [0.717, 1.165) is 0 Å². The molecule has 1 aromatic rings. The SMILES string of the molecule is CCC(CO)Nc1ccc(C(=O)NC)cc1[N+](=O)[O-]. The van der Waals surface area contributed by atoms with E-state index in [2.05, 4.69) is 10.6 Å². The fourth-order valence-corrected chi connectivity index (χ4v) is 1.59. The van der Waals surface area contributed by atoms with Crippen LogP contribution in [0.1, 0.15) is 23.7 Å². The smallest absolute Gasteiger partial charge is 0.293 e. The van der Waals surface area contributed by atoms with E-state index in [1.807, 2.05) is 6.92 Å². The molecule has 0 aliphatic carbocycles. The third kappa shape index (κ3) is 3.65. The van der Waals surface area contributed by atoms with Gasteiger partial charge in [-0.1, -0.05) is 6.92 Å². The summed E-state index contributed by atoms with van der Waals surface area (Å²) in [7, 11) is 1.46. The van der Waals surface area contributed by atoms with Gasteiger partial charge in [0, 0.05) is 24.7 Å². The number of nitro groups is 1. The number of nitro benzene ring substituents is 1. The summed E-state index contributed by atoms with van der Waals surface area (Å²) in [5.41, 5.74) is 0.323. The van der Waals surface area contributed by atoms with E-state index in [1.165, 1.54) is 25.2 Å². The van der Waals surface area contributed by atoms with Crippen molar-refractivity contribution in [1.82, 2.24) is 5.32 Å². The van der Waals surface area contributed by atoms with Crippen molar-refractivity contribution >= 4 is 17.3 Å². The lowest BCUT2D eigenvalue weighted by Crippen LogP contribution is -2.23. The molecule has 0 aliphatic rings. The Bertz CT molecular complexity index is 472. The van der Waals surface area contributed by atoms with E-state index >= 15 is 0 Å². The van der Waals surface area contributed by atoms with Crippen molar-refractivity contribution in [2.24, 2.45) is 0 Å². The van der Waals surface area contributed by atoms with Gasteiger partial charge < -0.3 is 15.7 Å². The summed E-state index contributed by atoms with van der Waals surface area (Å²) in [6.45, 7) is 1.74. The Hall–Kier alpha value is -2.15. The zero-order chi connectivity index (χ0) is 14.4. The summed E-state index contributed by atoms with van der Waals surface area (Å²) in [5.74, 6) is -0.385. The Balaban J connectivity index is 3.11. The molecule has 1 aromatic carbocycles.